The van der Waals surface area contributed by atoms with Crippen molar-refractivity contribution in [3.05, 3.63) is 230 Å². The first-order valence-corrected chi connectivity index (χ1v) is 24.7. The predicted molar refractivity (Wildman–Crippen MR) is 270 cm³/mol. The lowest BCUT2D eigenvalue weighted by atomic mass is 9.84. The predicted octanol–water partition coefficient (Wildman–Crippen LogP) is 13.0. The molecule has 1 aliphatic carbocycles. The summed E-state index contributed by atoms with van der Waals surface area (Å²) in [5.41, 5.74) is 11.3. The second kappa shape index (κ2) is 15.6. The summed E-state index contributed by atoms with van der Waals surface area (Å²) < 4.78 is 5.02. The van der Waals surface area contributed by atoms with Crippen LogP contribution < -0.4 is 20.7 Å². The molecule has 0 unspecified atom stereocenters. The van der Waals surface area contributed by atoms with Gasteiger partial charge in [-0.3, -0.25) is 0 Å². The number of fused-ring (bicyclic) bond motifs is 6. The number of aromatic nitrogens is 2. The zero-order valence-electron chi connectivity index (χ0n) is 35.4. The van der Waals surface area contributed by atoms with Crippen molar-refractivity contribution >= 4 is 72.4 Å². The molecule has 11 aromatic rings. The number of para-hydroxylation sites is 2. The molecule has 0 radical (unpaired) electrons. The van der Waals surface area contributed by atoms with Crippen LogP contribution in [0.3, 0.4) is 0 Å². The Morgan fingerprint density at radius 3 is 1.52 bits per heavy atom. The summed E-state index contributed by atoms with van der Waals surface area (Å²) in [6.45, 7) is 0. The third-order valence-electron chi connectivity index (χ3n) is 14.0. The Morgan fingerprint density at radius 1 is 0.317 bits per heavy atom. The highest BCUT2D eigenvalue weighted by atomic mass is 28.3. The van der Waals surface area contributed by atoms with E-state index in [9.17, 15) is 0 Å². The van der Waals surface area contributed by atoms with Gasteiger partial charge >= 0.3 is 0 Å². The molecule has 0 bridgehead atoms. The minimum atomic E-state index is -2.87. The average molecular weight is 825 g/mol. The van der Waals surface area contributed by atoms with Gasteiger partial charge in [0.25, 0.3) is 0 Å². The standard InChI is InChI=1S/C60H48N2Si/c1-5-19-43(20-6-1)45-23-17-29-51(39-45)63(49-25-9-3-10-26-49,50-27-11-4-12-28-50)52-30-18-24-47(41-52)61-58-34-16-14-32-54(58)56-42-48(36-38-59(56)61)62-57-33-15-13-31-53(57)55-37-35-46(40-60(55)62)44-21-7-2-8-22-44/h1,3-6,9-20,23-42,44H,2,7-8,21-22H2. The summed E-state index contributed by atoms with van der Waals surface area (Å²) >= 11 is 0. The van der Waals surface area contributed by atoms with Crippen LogP contribution in [0.4, 0.5) is 0 Å². The molecule has 0 saturated heterocycles. The molecular weight excluding hydrogens is 777 g/mol. The van der Waals surface area contributed by atoms with Gasteiger partial charge in [0, 0.05) is 32.9 Å². The van der Waals surface area contributed by atoms with Crippen LogP contribution in [0.2, 0.25) is 0 Å². The quantitative estimate of drug-likeness (QED) is 0.107. The lowest BCUT2D eigenvalue weighted by molar-refractivity contribution is 0.444. The van der Waals surface area contributed by atoms with Crippen LogP contribution in [0.15, 0.2) is 224 Å². The first-order valence-electron chi connectivity index (χ1n) is 22.7. The Labute approximate surface area is 370 Å². The fourth-order valence-electron chi connectivity index (χ4n) is 11.2. The van der Waals surface area contributed by atoms with E-state index in [-0.39, 0.29) is 0 Å². The molecule has 0 N–H and O–H groups in total. The van der Waals surface area contributed by atoms with E-state index < -0.39 is 8.07 Å². The van der Waals surface area contributed by atoms with Crippen molar-refractivity contribution < 1.29 is 0 Å². The molecule has 9 aromatic carbocycles. The van der Waals surface area contributed by atoms with E-state index in [1.165, 1.54) is 125 Å². The highest BCUT2D eigenvalue weighted by Gasteiger charge is 2.42. The highest BCUT2D eigenvalue weighted by molar-refractivity contribution is 7.20. The summed E-state index contributed by atoms with van der Waals surface area (Å²) in [4.78, 5) is 0. The van der Waals surface area contributed by atoms with Crippen LogP contribution in [0, 0.1) is 0 Å². The molecule has 0 atom stereocenters. The Bertz CT molecular complexity index is 3390. The van der Waals surface area contributed by atoms with Crippen molar-refractivity contribution in [2.24, 2.45) is 0 Å². The topological polar surface area (TPSA) is 9.86 Å². The summed E-state index contributed by atoms with van der Waals surface area (Å²) in [7, 11) is -2.87. The number of nitrogens with zero attached hydrogens (tertiary/aromatic N) is 2. The van der Waals surface area contributed by atoms with Gasteiger partial charge in [0.15, 0.2) is 8.07 Å². The lowest BCUT2D eigenvalue weighted by Crippen LogP contribution is -2.74. The van der Waals surface area contributed by atoms with E-state index >= 15 is 0 Å². The molecule has 0 spiro atoms. The van der Waals surface area contributed by atoms with E-state index in [1.807, 2.05) is 0 Å². The SMILES string of the molecule is c1ccc(-c2cccc([Si](c3ccccc3)(c3ccccc3)c3cccc(-n4c5ccccc5c5cc(-n6c7ccccc7c7ccc(C8CCCCC8)cc76)ccc54)c3)c2)cc1. The first kappa shape index (κ1) is 37.5. The van der Waals surface area contributed by atoms with Gasteiger partial charge in [-0.05, 0) is 105 Å². The van der Waals surface area contributed by atoms with Crippen molar-refractivity contribution in [1.82, 2.24) is 9.13 Å². The number of rotatable bonds is 8. The molecule has 63 heavy (non-hydrogen) atoms. The second-order valence-electron chi connectivity index (χ2n) is 17.5. The van der Waals surface area contributed by atoms with Crippen LogP contribution in [-0.4, -0.2) is 17.2 Å². The second-order valence-corrected chi connectivity index (χ2v) is 21.3. The zero-order valence-corrected chi connectivity index (χ0v) is 36.4. The molecule has 2 aromatic heterocycles. The fourth-order valence-corrected chi connectivity index (χ4v) is 16.0. The van der Waals surface area contributed by atoms with Crippen molar-refractivity contribution in [2.75, 3.05) is 0 Å². The van der Waals surface area contributed by atoms with E-state index in [4.69, 9.17) is 0 Å². The molecule has 1 saturated carbocycles. The summed E-state index contributed by atoms with van der Waals surface area (Å²) in [5.74, 6) is 0.643. The number of hydrogen-bond acceptors (Lipinski definition) is 0. The number of hydrogen-bond donors (Lipinski definition) is 0. The highest BCUT2D eigenvalue weighted by Crippen LogP contribution is 2.40. The molecule has 12 rings (SSSR count). The molecule has 3 heteroatoms. The Kier molecular flexibility index (Phi) is 9.30. The molecule has 2 nitrogen and oxygen atoms in total. The van der Waals surface area contributed by atoms with Gasteiger partial charge in [0.2, 0.25) is 0 Å². The van der Waals surface area contributed by atoms with Crippen molar-refractivity contribution in [2.45, 2.75) is 38.0 Å². The van der Waals surface area contributed by atoms with Gasteiger partial charge in [0.05, 0.1) is 22.1 Å². The average Bonchev–Trinajstić information content (AvgIpc) is 3.88. The molecular formula is C60H48N2Si. The van der Waals surface area contributed by atoms with Crippen LogP contribution in [0.1, 0.15) is 43.6 Å². The van der Waals surface area contributed by atoms with Gasteiger partial charge in [-0.2, -0.15) is 0 Å². The summed E-state index contributed by atoms with van der Waals surface area (Å²) in [6.07, 6.45) is 6.61. The normalized spacial score (nSPS) is 13.7. The van der Waals surface area contributed by atoms with Gasteiger partial charge in [0.1, 0.15) is 0 Å². The van der Waals surface area contributed by atoms with E-state index in [1.54, 1.807) is 0 Å². The molecule has 1 fully saturated rings. The maximum atomic E-state index is 2.52. The molecule has 2 heterocycles. The molecule has 0 aliphatic heterocycles. The van der Waals surface area contributed by atoms with E-state index in [0.29, 0.717) is 5.92 Å². The van der Waals surface area contributed by atoms with Crippen molar-refractivity contribution in [3.63, 3.8) is 0 Å². The minimum Gasteiger partial charge on any atom is -0.309 e. The molecule has 1 aliphatic rings. The van der Waals surface area contributed by atoms with Gasteiger partial charge in [-0.15, -0.1) is 0 Å². The smallest absolute Gasteiger partial charge is 0.179 e. The Hall–Kier alpha value is -7.20. The minimum absolute atomic E-state index is 0.643. The van der Waals surface area contributed by atoms with Gasteiger partial charge in [-0.25, -0.2) is 0 Å². The van der Waals surface area contributed by atoms with Gasteiger partial charge in [-0.1, -0.05) is 195 Å². The summed E-state index contributed by atoms with van der Waals surface area (Å²) in [5, 5.41) is 10.6. The Balaban J connectivity index is 1.07. The van der Waals surface area contributed by atoms with Gasteiger partial charge < -0.3 is 9.13 Å². The van der Waals surface area contributed by atoms with Crippen LogP contribution in [0.25, 0.3) is 66.1 Å². The molecule has 302 valence electrons. The monoisotopic (exact) mass is 824 g/mol. The van der Waals surface area contributed by atoms with Crippen molar-refractivity contribution in [1.29, 1.82) is 0 Å². The fraction of sp³-hybridized carbons (Fsp3) is 0.100. The lowest BCUT2D eigenvalue weighted by Gasteiger charge is -2.35. The van der Waals surface area contributed by atoms with Crippen LogP contribution >= 0.6 is 0 Å². The largest absolute Gasteiger partial charge is 0.309 e. The molecule has 0 amide bonds. The summed E-state index contributed by atoms with van der Waals surface area (Å²) in [6, 6.07) is 84.6. The van der Waals surface area contributed by atoms with Crippen LogP contribution in [0.5, 0.6) is 0 Å². The maximum absolute atomic E-state index is 2.87. The van der Waals surface area contributed by atoms with E-state index in [0.717, 1.165) is 0 Å². The third kappa shape index (κ3) is 6.21. The first-order chi connectivity index (χ1) is 31.3. The van der Waals surface area contributed by atoms with Crippen LogP contribution in [-0.2, 0) is 0 Å². The maximum Gasteiger partial charge on any atom is 0.179 e. The third-order valence-corrected chi connectivity index (χ3v) is 18.8. The van der Waals surface area contributed by atoms with E-state index in [2.05, 4.69) is 234 Å². The van der Waals surface area contributed by atoms with Crippen molar-refractivity contribution in [3.8, 4) is 22.5 Å². The Morgan fingerprint density at radius 2 is 0.825 bits per heavy atom. The number of benzene rings is 9. The zero-order chi connectivity index (χ0) is 41.7.